The van der Waals surface area contributed by atoms with Gasteiger partial charge in [0.15, 0.2) is 5.82 Å². The van der Waals surface area contributed by atoms with Crippen molar-refractivity contribution in [1.29, 1.82) is 0 Å². The molecule has 0 aliphatic carbocycles. The van der Waals surface area contributed by atoms with Crippen molar-refractivity contribution in [3.63, 3.8) is 0 Å². The van der Waals surface area contributed by atoms with Gasteiger partial charge in [-0.05, 0) is 25.1 Å². The van der Waals surface area contributed by atoms with Gasteiger partial charge in [-0.2, -0.15) is 4.98 Å². The van der Waals surface area contributed by atoms with E-state index in [1.54, 1.807) is 6.92 Å². The van der Waals surface area contributed by atoms with Gasteiger partial charge in [-0.15, -0.1) is 0 Å². The molecular weight excluding hydrogens is 227 g/mol. The number of nitrogens with zero attached hydrogens (tertiary/aromatic N) is 2. The van der Waals surface area contributed by atoms with Gasteiger partial charge in [0.2, 0.25) is 0 Å². The maximum Gasteiger partial charge on any atom is 0.328 e. The normalized spacial score (nSPS) is 10.2. The number of hydrogen-bond acceptors (Lipinski definition) is 5. The van der Waals surface area contributed by atoms with Crippen LogP contribution in [0.3, 0.4) is 0 Å². The van der Waals surface area contributed by atoms with Crippen LogP contribution in [0.5, 0.6) is 0 Å². The Bertz CT molecular complexity index is 567. The molecular formula is C10H9FN4O2. The summed E-state index contributed by atoms with van der Waals surface area (Å²) in [5, 5.41) is 5.76. The van der Waals surface area contributed by atoms with E-state index in [0.29, 0.717) is 11.5 Å². The number of amides is 1. The standard InChI is InChI=1S/C10H9FN4O2/c1-5-13-10(17-15-5)14-9(16)7-4-6(12)2-3-8(7)11/h2-4H,12H2,1H3,(H,13,14,15,16). The Hall–Kier alpha value is -2.44. The number of halogens is 1. The summed E-state index contributed by atoms with van der Waals surface area (Å²) in [6.07, 6.45) is 0. The summed E-state index contributed by atoms with van der Waals surface area (Å²) in [5.74, 6) is -1.00. The van der Waals surface area contributed by atoms with E-state index in [2.05, 4.69) is 20.0 Å². The summed E-state index contributed by atoms with van der Waals surface area (Å²) in [5.41, 5.74) is 5.57. The summed E-state index contributed by atoms with van der Waals surface area (Å²) in [7, 11) is 0. The van der Waals surface area contributed by atoms with Crippen molar-refractivity contribution in [2.75, 3.05) is 11.1 Å². The van der Waals surface area contributed by atoms with Crippen LogP contribution in [0.1, 0.15) is 16.2 Å². The molecule has 0 fully saturated rings. The van der Waals surface area contributed by atoms with Crippen LogP contribution in [0.2, 0.25) is 0 Å². The molecule has 7 heteroatoms. The monoisotopic (exact) mass is 236 g/mol. The molecule has 0 spiro atoms. The molecule has 2 rings (SSSR count). The molecule has 0 radical (unpaired) electrons. The number of benzene rings is 1. The van der Waals surface area contributed by atoms with Gasteiger partial charge >= 0.3 is 6.01 Å². The fourth-order valence-electron chi connectivity index (χ4n) is 1.23. The van der Waals surface area contributed by atoms with Gasteiger partial charge in [0.05, 0.1) is 5.56 Å². The van der Waals surface area contributed by atoms with E-state index in [1.807, 2.05) is 0 Å². The predicted molar refractivity (Wildman–Crippen MR) is 57.8 cm³/mol. The Kier molecular flexibility index (Phi) is 2.73. The smallest absolute Gasteiger partial charge is 0.328 e. The van der Waals surface area contributed by atoms with Crippen LogP contribution >= 0.6 is 0 Å². The van der Waals surface area contributed by atoms with Crippen LogP contribution < -0.4 is 11.1 Å². The number of carbonyl (C=O) groups is 1. The second-order valence-electron chi connectivity index (χ2n) is 3.34. The number of nitrogens with two attached hydrogens (primary N) is 1. The second-order valence-corrected chi connectivity index (χ2v) is 3.34. The van der Waals surface area contributed by atoms with E-state index in [1.165, 1.54) is 12.1 Å². The van der Waals surface area contributed by atoms with Gasteiger partial charge in [0.25, 0.3) is 5.91 Å². The first-order valence-electron chi connectivity index (χ1n) is 4.73. The molecule has 1 aromatic heterocycles. The predicted octanol–water partition coefficient (Wildman–Crippen LogP) is 1.35. The van der Waals surface area contributed by atoms with E-state index in [-0.39, 0.29) is 11.6 Å². The van der Waals surface area contributed by atoms with Gasteiger partial charge < -0.3 is 10.3 Å². The molecule has 0 saturated carbocycles. The topological polar surface area (TPSA) is 94.0 Å². The Morgan fingerprint density at radius 2 is 2.29 bits per heavy atom. The summed E-state index contributed by atoms with van der Waals surface area (Å²) >= 11 is 0. The summed E-state index contributed by atoms with van der Waals surface area (Å²) in [4.78, 5) is 15.4. The molecule has 88 valence electrons. The minimum atomic E-state index is -0.696. The number of aromatic nitrogens is 2. The second kappa shape index (κ2) is 4.20. The van der Waals surface area contributed by atoms with Crippen molar-refractivity contribution >= 4 is 17.6 Å². The first-order chi connectivity index (χ1) is 8.06. The first kappa shape index (κ1) is 11.1. The third kappa shape index (κ3) is 2.39. The molecule has 0 unspecified atom stereocenters. The Morgan fingerprint density at radius 1 is 1.53 bits per heavy atom. The summed E-state index contributed by atoms with van der Waals surface area (Å²) in [6, 6.07) is 3.62. The molecule has 2 aromatic rings. The fourth-order valence-corrected chi connectivity index (χ4v) is 1.23. The van der Waals surface area contributed by atoms with Crippen molar-refractivity contribution in [2.45, 2.75) is 6.92 Å². The lowest BCUT2D eigenvalue weighted by molar-refractivity contribution is 0.101. The quantitative estimate of drug-likeness (QED) is 0.767. The zero-order valence-corrected chi connectivity index (χ0v) is 8.90. The highest BCUT2D eigenvalue weighted by Gasteiger charge is 2.14. The van der Waals surface area contributed by atoms with E-state index in [4.69, 9.17) is 5.73 Å². The number of hydrogen-bond donors (Lipinski definition) is 2. The molecule has 0 aliphatic heterocycles. The lowest BCUT2D eigenvalue weighted by atomic mass is 10.2. The summed E-state index contributed by atoms with van der Waals surface area (Å²) in [6.45, 7) is 1.60. The molecule has 1 amide bonds. The van der Waals surface area contributed by atoms with Crippen LogP contribution in [0, 0.1) is 12.7 Å². The number of nitrogen functional groups attached to an aromatic ring is 1. The number of nitrogens with one attached hydrogen (secondary N) is 1. The van der Waals surface area contributed by atoms with Gasteiger partial charge in [-0.25, -0.2) is 4.39 Å². The lowest BCUT2D eigenvalue weighted by Crippen LogP contribution is -2.14. The molecule has 0 saturated heterocycles. The third-order valence-corrected chi connectivity index (χ3v) is 1.98. The Labute approximate surface area is 95.6 Å². The maximum atomic E-state index is 13.3. The van der Waals surface area contributed by atoms with Gasteiger partial charge in [0, 0.05) is 5.69 Å². The highest BCUT2D eigenvalue weighted by atomic mass is 19.1. The van der Waals surface area contributed by atoms with Crippen molar-refractivity contribution in [1.82, 2.24) is 10.1 Å². The van der Waals surface area contributed by atoms with Crippen molar-refractivity contribution in [3.05, 3.63) is 35.4 Å². The SMILES string of the molecule is Cc1noc(NC(=O)c2cc(N)ccc2F)n1. The van der Waals surface area contributed by atoms with Crippen molar-refractivity contribution in [3.8, 4) is 0 Å². The van der Waals surface area contributed by atoms with Crippen LogP contribution in [-0.4, -0.2) is 16.0 Å². The van der Waals surface area contributed by atoms with Crippen LogP contribution in [0.15, 0.2) is 22.7 Å². The molecule has 0 aliphatic rings. The average Bonchev–Trinajstić information content (AvgIpc) is 2.67. The van der Waals surface area contributed by atoms with Crippen LogP contribution in [0.4, 0.5) is 16.1 Å². The Morgan fingerprint density at radius 3 is 2.94 bits per heavy atom. The summed E-state index contributed by atoms with van der Waals surface area (Å²) < 4.78 is 18.0. The fraction of sp³-hybridized carbons (Fsp3) is 0.100. The third-order valence-electron chi connectivity index (χ3n) is 1.98. The highest BCUT2D eigenvalue weighted by Crippen LogP contribution is 2.14. The zero-order valence-electron chi connectivity index (χ0n) is 8.90. The van der Waals surface area contributed by atoms with Crippen molar-refractivity contribution < 1.29 is 13.7 Å². The zero-order chi connectivity index (χ0) is 12.4. The molecule has 0 atom stereocenters. The van der Waals surface area contributed by atoms with Crippen molar-refractivity contribution in [2.24, 2.45) is 0 Å². The lowest BCUT2D eigenvalue weighted by Gasteiger charge is -2.02. The van der Waals surface area contributed by atoms with Crippen LogP contribution in [0.25, 0.3) is 0 Å². The van der Waals surface area contributed by atoms with Gasteiger partial charge in [-0.1, -0.05) is 5.16 Å². The average molecular weight is 236 g/mol. The van der Waals surface area contributed by atoms with E-state index < -0.39 is 11.7 Å². The molecule has 17 heavy (non-hydrogen) atoms. The molecule has 0 bridgehead atoms. The minimum Gasteiger partial charge on any atom is -0.399 e. The maximum absolute atomic E-state index is 13.3. The number of anilines is 2. The highest BCUT2D eigenvalue weighted by molar-refractivity contribution is 6.03. The largest absolute Gasteiger partial charge is 0.399 e. The molecule has 1 heterocycles. The van der Waals surface area contributed by atoms with E-state index in [0.717, 1.165) is 6.07 Å². The number of rotatable bonds is 2. The van der Waals surface area contributed by atoms with E-state index in [9.17, 15) is 9.18 Å². The number of aryl methyl sites for hydroxylation is 1. The van der Waals surface area contributed by atoms with Gasteiger partial charge in [0.1, 0.15) is 5.82 Å². The Balaban J connectivity index is 2.22. The molecule has 3 N–H and O–H groups in total. The van der Waals surface area contributed by atoms with Crippen LogP contribution in [-0.2, 0) is 0 Å². The molecule has 6 nitrogen and oxygen atoms in total. The number of carbonyl (C=O) groups excluding carboxylic acids is 1. The molecule has 1 aromatic carbocycles. The minimum absolute atomic E-state index is 0.0886. The first-order valence-corrected chi connectivity index (χ1v) is 4.73. The van der Waals surface area contributed by atoms with Gasteiger partial charge in [-0.3, -0.25) is 10.1 Å². The van der Waals surface area contributed by atoms with E-state index >= 15 is 0 Å².